The molecule has 6 heteroatoms. The third kappa shape index (κ3) is 3.23. The van der Waals surface area contributed by atoms with Crippen molar-refractivity contribution in [2.45, 2.75) is 0 Å². The van der Waals surface area contributed by atoms with Gasteiger partial charge in [-0.1, -0.05) is 48.5 Å². The molecule has 0 bridgehead atoms. The molecule has 0 N–H and O–H groups in total. The lowest BCUT2D eigenvalue weighted by Gasteiger charge is -2.42. The van der Waals surface area contributed by atoms with Crippen molar-refractivity contribution < 1.29 is 13.8 Å². The van der Waals surface area contributed by atoms with E-state index in [1.54, 1.807) is 0 Å². The predicted molar refractivity (Wildman–Crippen MR) is 99.3 cm³/mol. The maximum Gasteiger partial charge on any atom is 0.422 e. The third-order valence-corrected chi connectivity index (χ3v) is 6.98. The minimum absolute atomic E-state index is 0.545. The highest BCUT2D eigenvalue weighted by Gasteiger charge is 2.43. The smallest absolute Gasteiger partial charge is 0.417 e. The zero-order chi connectivity index (χ0) is 17.1. The minimum atomic E-state index is -3.22. The topological polar surface area (TPSA) is 42.0 Å². The number of morpholine rings is 1. The Hall–Kier alpha value is -2.07. The summed E-state index contributed by atoms with van der Waals surface area (Å²) in [5.41, 5.74) is 1.85. The van der Waals surface area contributed by atoms with Gasteiger partial charge in [0.2, 0.25) is 0 Å². The number of benzene rings is 2. The van der Waals surface area contributed by atoms with Gasteiger partial charge < -0.3 is 9.26 Å². The van der Waals surface area contributed by atoms with Crippen LogP contribution in [-0.4, -0.2) is 37.5 Å². The summed E-state index contributed by atoms with van der Waals surface area (Å²) in [6.45, 7) is 2.88. The van der Waals surface area contributed by atoms with Gasteiger partial charge in [-0.2, -0.15) is 4.67 Å². The van der Waals surface area contributed by atoms with E-state index in [2.05, 4.69) is 0 Å². The van der Waals surface area contributed by atoms with E-state index in [1.165, 1.54) is 0 Å². The molecule has 5 nitrogen and oxygen atoms in total. The normalized spacial score (nSPS) is 24.5. The van der Waals surface area contributed by atoms with Crippen LogP contribution in [0.5, 0.6) is 0 Å². The van der Waals surface area contributed by atoms with Crippen molar-refractivity contribution in [3.8, 4) is 0 Å². The zero-order valence-electron chi connectivity index (χ0n) is 14.0. The van der Waals surface area contributed by atoms with Gasteiger partial charge in [-0.3, -0.25) is 4.67 Å². The van der Waals surface area contributed by atoms with Gasteiger partial charge in [0.25, 0.3) is 0 Å². The van der Waals surface area contributed by atoms with Crippen molar-refractivity contribution in [1.29, 1.82) is 0 Å². The summed E-state index contributed by atoms with van der Waals surface area (Å²) in [7, 11) is -3.22. The molecular weight excluding hydrogens is 335 g/mol. The van der Waals surface area contributed by atoms with Crippen molar-refractivity contribution in [1.82, 2.24) is 4.67 Å². The van der Waals surface area contributed by atoms with Crippen molar-refractivity contribution in [2.75, 3.05) is 37.5 Å². The van der Waals surface area contributed by atoms with Crippen LogP contribution in [0.25, 0.3) is 5.76 Å². The molecule has 2 aliphatic rings. The van der Waals surface area contributed by atoms with Crippen LogP contribution in [0.4, 0.5) is 5.69 Å². The molecule has 0 radical (unpaired) electrons. The summed E-state index contributed by atoms with van der Waals surface area (Å²) in [4.78, 5) is 0. The third-order valence-electron chi connectivity index (χ3n) is 4.43. The number of rotatable bonds is 3. The van der Waals surface area contributed by atoms with Gasteiger partial charge >= 0.3 is 7.67 Å². The molecule has 0 amide bonds. The summed E-state index contributed by atoms with van der Waals surface area (Å²) < 4.78 is 29.5. The lowest BCUT2D eigenvalue weighted by Crippen LogP contribution is -2.41. The molecule has 0 aliphatic carbocycles. The van der Waals surface area contributed by atoms with Gasteiger partial charge in [0.1, 0.15) is 5.76 Å². The summed E-state index contributed by atoms with van der Waals surface area (Å²) in [6, 6.07) is 19.7. The van der Waals surface area contributed by atoms with Crippen LogP contribution in [0.2, 0.25) is 0 Å². The number of hydrogen-bond acceptors (Lipinski definition) is 3. The standard InChI is InChI=1S/C19H21N2O3P/c22-25(20-13-15-23-16-14-20)21(18-9-5-2-6-10-18)12-11-19(24-25)17-7-3-1-4-8-17/h1-11H,12-16H2/t25-/m0/s1. The molecule has 0 unspecified atom stereocenters. The fraction of sp³-hybridized carbons (Fsp3) is 0.263. The average Bonchev–Trinajstić information content (AvgIpc) is 2.70. The molecule has 4 rings (SSSR count). The van der Waals surface area contributed by atoms with Crippen LogP contribution < -0.4 is 4.67 Å². The second kappa shape index (κ2) is 7.04. The second-order valence-electron chi connectivity index (χ2n) is 6.00. The summed E-state index contributed by atoms with van der Waals surface area (Å²) in [5, 5.41) is 0. The Bertz CT molecular complexity index is 789. The van der Waals surface area contributed by atoms with Gasteiger partial charge in [0, 0.05) is 24.3 Å². The molecular formula is C19H21N2O3P. The Morgan fingerprint density at radius 1 is 0.880 bits per heavy atom. The van der Waals surface area contributed by atoms with E-state index >= 15 is 0 Å². The highest BCUT2D eigenvalue weighted by atomic mass is 31.2. The van der Waals surface area contributed by atoms with Gasteiger partial charge in [0.15, 0.2) is 0 Å². The first-order valence-corrected chi connectivity index (χ1v) is 10.0. The quantitative estimate of drug-likeness (QED) is 0.778. The Kier molecular flexibility index (Phi) is 4.62. The number of para-hydroxylation sites is 1. The monoisotopic (exact) mass is 356 g/mol. The van der Waals surface area contributed by atoms with Gasteiger partial charge in [-0.15, -0.1) is 0 Å². The van der Waals surface area contributed by atoms with E-state index in [1.807, 2.05) is 76.1 Å². The van der Waals surface area contributed by atoms with E-state index < -0.39 is 7.67 Å². The molecule has 0 aromatic heterocycles. The molecule has 2 aliphatic heterocycles. The van der Waals surface area contributed by atoms with E-state index in [9.17, 15) is 4.57 Å². The lowest BCUT2D eigenvalue weighted by molar-refractivity contribution is 0.0672. The minimum Gasteiger partial charge on any atom is -0.417 e. The molecule has 0 spiro atoms. The van der Waals surface area contributed by atoms with Crippen LogP contribution in [0.3, 0.4) is 0 Å². The Balaban J connectivity index is 1.73. The van der Waals surface area contributed by atoms with Gasteiger partial charge in [-0.05, 0) is 18.2 Å². The van der Waals surface area contributed by atoms with Gasteiger partial charge in [0.05, 0.1) is 19.8 Å². The SMILES string of the molecule is O=[P@@]1(N2CCOCC2)OC(c2ccccc2)=CCN1c1ccccc1. The van der Waals surface area contributed by atoms with Crippen molar-refractivity contribution in [3.63, 3.8) is 0 Å². The van der Waals surface area contributed by atoms with E-state index in [0.717, 1.165) is 11.3 Å². The van der Waals surface area contributed by atoms with Crippen LogP contribution in [0.15, 0.2) is 66.7 Å². The van der Waals surface area contributed by atoms with Crippen LogP contribution in [0, 0.1) is 0 Å². The first kappa shape index (κ1) is 16.4. The summed E-state index contributed by atoms with van der Waals surface area (Å²) in [6.07, 6.45) is 2.00. The molecule has 25 heavy (non-hydrogen) atoms. The molecule has 1 atom stereocenters. The summed E-state index contributed by atoms with van der Waals surface area (Å²) in [5.74, 6) is 0.683. The zero-order valence-corrected chi connectivity index (χ0v) is 14.8. The molecule has 2 heterocycles. The highest BCUT2D eigenvalue weighted by Crippen LogP contribution is 2.60. The fourth-order valence-electron chi connectivity index (χ4n) is 3.13. The Morgan fingerprint density at radius 3 is 2.20 bits per heavy atom. The average molecular weight is 356 g/mol. The van der Waals surface area contributed by atoms with Gasteiger partial charge in [-0.25, -0.2) is 4.57 Å². The highest BCUT2D eigenvalue weighted by molar-refractivity contribution is 7.58. The fourth-order valence-corrected chi connectivity index (χ4v) is 5.47. The largest absolute Gasteiger partial charge is 0.422 e. The molecule has 1 saturated heterocycles. The van der Waals surface area contributed by atoms with Crippen molar-refractivity contribution in [2.24, 2.45) is 0 Å². The first-order valence-electron chi connectivity index (χ1n) is 8.49. The number of ether oxygens (including phenoxy) is 1. The molecule has 1 fully saturated rings. The maximum atomic E-state index is 14.0. The number of hydrogen-bond donors (Lipinski definition) is 0. The van der Waals surface area contributed by atoms with Crippen LogP contribution in [-0.2, 0) is 13.8 Å². The maximum absolute atomic E-state index is 14.0. The van der Waals surface area contributed by atoms with Crippen molar-refractivity contribution in [3.05, 3.63) is 72.3 Å². The molecule has 0 saturated carbocycles. The van der Waals surface area contributed by atoms with E-state index in [4.69, 9.17) is 9.26 Å². The van der Waals surface area contributed by atoms with Crippen molar-refractivity contribution >= 4 is 19.1 Å². The van der Waals surface area contributed by atoms with E-state index in [0.29, 0.717) is 38.6 Å². The predicted octanol–water partition coefficient (Wildman–Crippen LogP) is 4.00. The molecule has 130 valence electrons. The number of nitrogens with zero attached hydrogens (tertiary/aromatic N) is 2. The Labute approximate surface area is 148 Å². The number of anilines is 1. The summed E-state index contributed by atoms with van der Waals surface area (Å²) >= 11 is 0. The lowest BCUT2D eigenvalue weighted by atomic mass is 10.2. The Morgan fingerprint density at radius 2 is 1.52 bits per heavy atom. The van der Waals surface area contributed by atoms with Crippen LogP contribution in [0.1, 0.15) is 5.56 Å². The first-order chi connectivity index (χ1) is 12.3. The second-order valence-corrected chi connectivity index (χ2v) is 8.21. The van der Waals surface area contributed by atoms with Crippen LogP contribution >= 0.6 is 7.67 Å². The molecule has 2 aromatic carbocycles. The van der Waals surface area contributed by atoms with E-state index in [-0.39, 0.29) is 0 Å². The molecule has 2 aromatic rings.